The number of anilines is 3. The second-order valence-corrected chi connectivity index (χ2v) is 10.5. The van der Waals surface area contributed by atoms with Crippen molar-refractivity contribution in [1.82, 2.24) is 14.9 Å². The molecule has 11 nitrogen and oxygen atoms in total. The molecule has 1 aliphatic rings. The zero-order valence-electron chi connectivity index (χ0n) is 24.9. The number of aromatic carboxylic acids is 1. The molecule has 1 amide bonds. The first kappa shape index (κ1) is 30.1. The fourth-order valence-electron chi connectivity index (χ4n) is 5.48. The monoisotopic (exact) mass is 601 g/mol. The van der Waals surface area contributed by atoms with E-state index < -0.39 is 28.9 Å². The second-order valence-electron chi connectivity index (χ2n) is 10.5. The lowest BCUT2D eigenvalue weighted by molar-refractivity contribution is 0.0696. The van der Waals surface area contributed by atoms with E-state index in [1.165, 1.54) is 34.9 Å². The van der Waals surface area contributed by atoms with E-state index in [0.29, 0.717) is 47.1 Å². The van der Waals surface area contributed by atoms with Crippen molar-refractivity contribution in [3.63, 3.8) is 0 Å². The number of aryl methyl sites for hydroxylation is 2. The van der Waals surface area contributed by atoms with E-state index in [9.17, 15) is 23.9 Å². The van der Waals surface area contributed by atoms with Crippen molar-refractivity contribution in [3.05, 3.63) is 104 Å². The van der Waals surface area contributed by atoms with E-state index in [2.05, 4.69) is 20.9 Å². The second kappa shape index (κ2) is 11.7. The molecule has 0 saturated carbocycles. The number of amides is 1. The topological polar surface area (TPSA) is 144 Å². The number of hydrogen-bond acceptors (Lipinski definition) is 8. The van der Waals surface area contributed by atoms with E-state index in [1.54, 1.807) is 53.2 Å². The molecule has 4 aromatic rings. The molecule has 3 heterocycles. The molecule has 0 saturated heterocycles. The van der Waals surface area contributed by atoms with Crippen LogP contribution in [-0.4, -0.2) is 40.8 Å². The highest BCUT2D eigenvalue weighted by atomic mass is 19.1. The third-order valence-electron chi connectivity index (χ3n) is 7.66. The quantitative estimate of drug-likeness (QED) is 0.202. The molecule has 0 spiro atoms. The van der Waals surface area contributed by atoms with Crippen LogP contribution in [0.4, 0.5) is 21.6 Å². The summed E-state index contributed by atoms with van der Waals surface area (Å²) in [5.41, 5.74) is 0.162. The van der Waals surface area contributed by atoms with Gasteiger partial charge in [0.1, 0.15) is 45.7 Å². The number of nitrogens with one attached hydrogen (secondary N) is 3. The van der Waals surface area contributed by atoms with Crippen molar-refractivity contribution >= 4 is 29.1 Å². The Labute approximate surface area is 252 Å². The molecule has 44 heavy (non-hydrogen) atoms. The van der Waals surface area contributed by atoms with E-state index in [1.807, 2.05) is 6.07 Å². The summed E-state index contributed by atoms with van der Waals surface area (Å²) in [7, 11) is 3.11. The molecule has 5 rings (SSSR count). The van der Waals surface area contributed by atoms with Crippen molar-refractivity contribution in [2.24, 2.45) is 0 Å². The molecule has 0 aliphatic carbocycles. The van der Waals surface area contributed by atoms with Crippen LogP contribution in [0.3, 0.4) is 0 Å². The number of ether oxygens (including phenoxy) is 2. The number of fused-ring (bicyclic) bond motifs is 1. The van der Waals surface area contributed by atoms with Crippen LogP contribution in [0.25, 0.3) is 0 Å². The minimum atomic E-state index is -1.39. The Morgan fingerprint density at radius 1 is 1.09 bits per heavy atom. The van der Waals surface area contributed by atoms with Crippen molar-refractivity contribution in [1.29, 1.82) is 0 Å². The number of pyridine rings is 2. The minimum Gasteiger partial charge on any atom is -0.497 e. The van der Waals surface area contributed by atoms with Crippen LogP contribution in [0.5, 0.6) is 11.5 Å². The summed E-state index contributed by atoms with van der Waals surface area (Å²) < 4.78 is 26.2. The number of nitrogens with zero attached hydrogens (tertiary/aromatic N) is 2. The first-order chi connectivity index (χ1) is 21.0. The van der Waals surface area contributed by atoms with E-state index in [0.717, 1.165) is 5.56 Å². The number of aromatic nitrogens is 2. The Hall–Kier alpha value is -5.39. The molecule has 0 bridgehead atoms. The Morgan fingerprint density at radius 2 is 1.86 bits per heavy atom. The summed E-state index contributed by atoms with van der Waals surface area (Å²) in [5.74, 6) is -0.629. The number of carbonyl (C=O) groups is 2. The van der Waals surface area contributed by atoms with Crippen molar-refractivity contribution in [3.8, 4) is 11.5 Å². The number of methoxy groups -OCH3 is 2. The Kier molecular flexibility index (Phi) is 8.01. The van der Waals surface area contributed by atoms with Gasteiger partial charge in [-0.1, -0.05) is 19.1 Å². The maximum Gasteiger partial charge on any atom is 0.339 e. The highest BCUT2D eigenvalue weighted by Gasteiger charge is 2.43. The molecule has 0 radical (unpaired) electrons. The predicted octanol–water partition coefficient (Wildman–Crippen LogP) is 4.79. The minimum absolute atomic E-state index is 0.0314. The maximum atomic E-state index is 14.2. The van der Waals surface area contributed by atoms with Crippen LogP contribution in [0.1, 0.15) is 57.1 Å². The molecule has 4 N–H and O–H groups in total. The van der Waals surface area contributed by atoms with Gasteiger partial charge in [0, 0.05) is 29.8 Å². The van der Waals surface area contributed by atoms with Crippen LogP contribution in [-0.2, 0) is 18.6 Å². The zero-order chi connectivity index (χ0) is 31.8. The summed E-state index contributed by atoms with van der Waals surface area (Å²) in [6, 6.07) is 14.1. The average molecular weight is 602 g/mol. The van der Waals surface area contributed by atoms with Gasteiger partial charge >= 0.3 is 5.97 Å². The van der Waals surface area contributed by atoms with Gasteiger partial charge in [0.25, 0.3) is 11.5 Å². The number of rotatable bonds is 10. The van der Waals surface area contributed by atoms with Gasteiger partial charge < -0.3 is 30.5 Å². The van der Waals surface area contributed by atoms with E-state index in [-0.39, 0.29) is 22.6 Å². The number of carbonyl (C=O) groups excluding carboxylic acids is 1. The predicted molar refractivity (Wildman–Crippen MR) is 163 cm³/mol. The van der Waals surface area contributed by atoms with Gasteiger partial charge in [-0.05, 0) is 56.2 Å². The summed E-state index contributed by atoms with van der Waals surface area (Å²) in [5, 5.41) is 19.2. The standard InChI is InChI=1S/C32H32FN5O6/c1-6-22-27(31(41)42)23(15-26(36-22)34-16-18-10-11-21(43-4)14-25(18)44-5)35-24-12-17(2)28-29(39)37-32(3,38(28)30(24)40)19-8-7-9-20(33)13-19/h7-15H,6,16H2,1-5H3,(H,37,39)(H,41,42)(H2,34,35,36). The van der Waals surface area contributed by atoms with Crippen LogP contribution in [0.15, 0.2) is 59.4 Å². The molecule has 228 valence electrons. The van der Waals surface area contributed by atoms with E-state index >= 15 is 0 Å². The lowest BCUT2D eigenvalue weighted by atomic mass is 10.0. The van der Waals surface area contributed by atoms with Gasteiger partial charge in [-0.25, -0.2) is 14.2 Å². The number of benzene rings is 2. The number of halogens is 1. The molecule has 12 heteroatoms. The highest BCUT2D eigenvalue weighted by molar-refractivity contribution is 5.99. The van der Waals surface area contributed by atoms with Gasteiger partial charge in [0.15, 0.2) is 0 Å². The van der Waals surface area contributed by atoms with Crippen LogP contribution >= 0.6 is 0 Å². The summed E-state index contributed by atoms with van der Waals surface area (Å²) in [4.78, 5) is 44.0. The van der Waals surface area contributed by atoms with Gasteiger partial charge in [0.05, 0.1) is 25.6 Å². The van der Waals surface area contributed by atoms with Crippen LogP contribution in [0, 0.1) is 12.7 Å². The Bertz CT molecular complexity index is 1860. The number of hydrogen-bond donors (Lipinski definition) is 4. The van der Waals surface area contributed by atoms with Crippen molar-refractivity contribution in [2.75, 3.05) is 24.9 Å². The van der Waals surface area contributed by atoms with Gasteiger partial charge in [-0.2, -0.15) is 0 Å². The fraction of sp³-hybridized carbons (Fsp3) is 0.250. The first-order valence-corrected chi connectivity index (χ1v) is 13.8. The average Bonchev–Trinajstić information content (AvgIpc) is 3.29. The fourth-order valence-corrected chi connectivity index (χ4v) is 5.48. The van der Waals surface area contributed by atoms with Crippen molar-refractivity contribution < 1.29 is 28.6 Å². The summed E-state index contributed by atoms with van der Waals surface area (Å²) >= 11 is 0. The first-order valence-electron chi connectivity index (χ1n) is 13.8. The van der Waals surface area contributed by atoms with Crippen LogP contribution in [0.2, 0.25) is 0 Å². The molecule has 1 aliphatic heterocycles. The van der Waals surface area contributed by atoms with Gasteiger partial charge in [0.2, 0.25) is 0 Å². The molecule has 2 aromatic carbocycles. The number of carboxylic acid groups (broad SMARTS) is 1. The largest absolute Gasteiger partial charge is 0.497 e. The third-order valence-corrected chi connectivity index (χ3v) is 7.66. The molecule has 0 fully saturated rings. The van der Waals surface area contributed by atoms with Gasteiger partial charge in [-0.15, -0.1) is 0 Å². The highest BCUT2D eigenvalue weighted by Crippen LogP contribution is 2.33. The molecule has 1 unspecified atom stereocenters. The van der Waals surface area contributed by atoms with Crippen molar-refractivity contribution in [2.45, 2.75) is 39.4 Å². The molecule has 2 aromatic heterocycles. The Balaban J connectivity index is 1.58. The maximum absolute atomic E-state index is 14.2. The third kappa shape index (κ3) is 5.30. The van der Waals surface area contributed by atoms with E-state index in [4.69, 9.17) is 9.47 Å². The molecular formula is C32H32FN5O6. The Morgan fingerprint density at radius 3 is 2.52 bits per heavy atom. The normalized spacial score (nSPS) is 15.4. The number of carboxylic acids is 1. The lowest BCUT2D eigenvalue weighted by Gasteiger charge is -2.28. The molecule has 1 atom stereocenters. The van der Waals surface area contributed by atoms with Gasteiger partial charge in [-0.3, -0.25) is 14.2 Å². The summed E-state index contributed by atoms with van der Waals surface area (Å²) in [6.07, 6.45) is 0.302. The zero-order valence-corrected chi connectivity index (χ0v) is 24.9. The molecular weight excluding hydrogens is 569 g/mol. The smallest absolute Gasteiger partial charge is 0.339 e. The lowest BCUT2D eigenvalue weighted by Crippen LogP contribution is -2.46. The SMILES string of the molecule is CCc1nc(NCc2ccc(OC)cc2OC)cc(Nc2cc(C)c3n(c2=O)C(C)(c2cccc(F)c2)NC3=O)c1C(=O)O. The van der Waals surface area contributed by atoms with Crippen LogP contribution < -0.4 is 31.0 Å². The summed E-state index contributed by atoms with van der Waals surface area (Å²) in [6.45, 7) is 5.37.